The summed E-state index contributed by atoms with van der Waals surface area (Å²) in [5, 5.41) is 0. The van der Waals surface area contributed by atoms with Crippen LogP contribution in [0.1, 0.15) is 15.3 Å². The third-order valence-corrected chi connectivity index (χ3v) is 5.16. The average molecular weight is 381 g/mol. The van der Waals surface area contributed by atoms with E-state index in [2.05, 4.69) is 56.1 Å². The first-order valence-electron chi connectivity index (χ1n) is 4.79. The van der Waals surface area contributed by atoms with E-state index in [1.54, 1.807) is 11.3 Å². The van der Waals surface area contributed by atoms with E-state index in [1.807, 2.05) is 12.1 Å². The van der Waals surface area contributed by atoms with Crippen molar-refractivity contribution in [2.45, 2.75) is 11.2 Å². The van der Waals surface area contributed by atoms with Crippen LogP contribution in [0.4, 0.5) is 0 Å². The zero-order valence-corrected chi connectivity index (χ0v) is 13.0. The Morgan fingerprint density at radius 3 is 2.69 bits per heavy atom. The Kier molecular flexibility index (Phi) is 4.48. The summed E-state index contributed by atoms with van der Waals surface area (Å²) in [5.41, 5.74) is 1.31. The molecular formula is C12H9Br2ClS. The molecule has 0 bridgehead atoms. The molecule has 2 rings (SSSR count). The molecule has 1 aromatic carbocycles. The lowest BCUT2D eigenvalue weighted by Gasteiger charge is -2.07. The van der Waals surface area contributed by atoms with Gasteiger partial charge in [0, 0.05) is 9.35 Å². The van der Waals surface area contributed by atoms with Crippen molar-refractivity contribution in [2.75, 3.05) is 0 Å². The minimum atomic E-state index is 0.333. The molecule has 0 radical (unpaired) electrons. The van der Waals surface area contributed by atoms with Gasteiger partial charge in [-0.25, -0.2) is 0 Å². The van der Waals surface area contributed by atoms with E-state index in [4.69, 9.17) is 11.6 Å². The Morgan fingerprint density at radius 1 is 1.25 bits per heavy atom. The SMILES string of the molecule is Clc1ccc(C(Br)Cc2cccc(Br)c2)s1. The van der Waals surface area contributed by atoms with Gasteiger partial charge in [-0.05, 0) is 36.2 Å². The maximum absolute atomic E-state index is 5.92. The molecule has 1 unspecified atom stereocenters. The fourth-order valence-corrected chi connectivity index (χ4v) is 3.76. The number of thiophene rings is 1. The van der Waals surface area contributed by atoms with E-state index >= 15 is 0 Å². The molecule has 0 aliphatic heterocycles. The maximum Gasteiger partial charge on any atom is 0.0931 e. The molecule has 16 heavy (non-hydrogen) atoms. The lowest BCUT2D eigenvalue weighted by molar-refractivity contribution is 0.968. The average Bonchev–Trinajstić information content (AvgIpc) is 2.65. The molecule has 0 fully saturated rings. The molecule has 0 N–H and O–H groups in total. The number of benzene rings is 1. The first-order chi connectivity index (χ1) is 7.65. The minimum Gasteiger partial charge on any atom is -0.127 e. The lowest BCUT2D eigenvalue weighted by atomic mass is 10.1. The van der Waals surface area contributed by atoms with Crippen LogP contribution in [0.15, 0.2) is 40.9 Å². The van der Waals surface area contributed by atoms with Gasteiger partial charge in [0.25, 0.3) is 0 Å². The van der Waals surface area contributed by atoms with Crippen molar-refractivity contribution in [1.29, 1.82) is 0 Å². The molecule has 1 heterocycles. The molecule has 0 aliphatic carbocycles. The highest BCUT2D eigenvalue weighted by Crippen LogP contribution is 2.34. The van der Waals surface area contributed by atoms with Gasteiger partial charge in [0.15, 0.2) is 0 Å². The number of alkyl halides is 1. The first-order valence-corrected chi connectivity index (χ1v) is 7.69. The zero-order chi connectivity index (χ0) is 11.5. The molecule has 0 saturated heterocycles. The van der Waals surface area contributed by atoms with E-state index < -0.39 is 0 Å². The van der Waals surface area contributed by atoms with Gasteiger partial charge in [-0.3, -0.25) is 0 Å². The summed E-state index contributed by atoms with van der Waals surface area (Å²) in [6, 6.07) is 12.4. The molecule has 0 saturated carbocycles. The lowest BCUT2D eigenvalue weighted by Crippen LogP contribution is -1.92. The quantitative estimate of drug-likeness (QED) is 0.587. The van der Waals surface area contributed by atoms with Crippen molar-refractivity contribution in [3.8, 4) is 0 Å². The molecule has 1 aromatic heterocycles. The Morgan fingerprint density at radius 2 is 2.06 bits per heavy atom. The van der Waals surface area contributed by atoms with Gasteiger partial charge in [0.05, 0.1) is 9.16 Å². The minimum absolute atomic E-state index is 0.333. The molecule has 0 amide bonds. The highest BCUT2D eigenvalue weighted by molar-refractivity contribution is 9.10. The molecule has 1 atom stereocenters. The first kappa shape index (κ1) is 12.6. The van der Waals surface area contributed by atoms with Crippen LogP contribution >= 0.6 is 54.8 Å². The van der Waals surface area contributed by atoms with E-state index in [0.717, 1.165) is 15.2 Å². The van der Waals surface area contributed by atoms with Gasteiger partial charge in [-0.15, -0.1) is 11.3 Å². The Labute approximate surface area is 121 Å². The highest BCUT2D eigenvalue weighted by atomic mass is 79.9. The Hall–Kier alpha value is 0.170. The van der Waals surface area contributed by atoms with Crippen molar-refractivity contribution in [1.82, 2.24) is 0 Å². The van der Waals surface area contributed by atoms with E-state index in [-0.39, 0.29) is 0 Å². The van der Waals surface area contributed by atoms with Crippen molar-refractivity contribution in [3.63, 3.8) is 0 Å². The standard InChI is InChI=1S/C12H9Br2ClS/c13-9-3-1-2-8(6-9)7-10(14)11-4-5-12(15)16-11/h1-6,10H,7H2. The molecule has 4 heteroatoms. The normalized spacial score (nSPS) is 12.7. The summed E-state index contributed by atoms with van der Waals surface area (Å²) in [6.45, 7) is 0. The maximum atomic E-state index is 5.92. The highest BCUT2D eigenvalue weighted by Gasteiger charge is 2.10. The van der Waals surface area contributed by atoms with Crippen LogP contribution in [0.5, 0.6) is 0 Å². The molecule has 2 aromatic rings. The topological polar surface area (TPSA) is 0 Å². The Balaban J connectivity index is 2.10. The molecule has 0 nitrogen and oxygen atoms in total. The van der Waals surface area contributed by atoms with Crippen LogP contribution in [0.2, 0.25) is 4.34 Å². The van der Waals surface area contributed by atoms with Gasteiger partial charge >= 0.3 is 0 Å². The summed E-state index contributed by atoms with van der Waals surface area (Å²) in [6.07, 6.45) is 0.969. The number of hydrogen-bond donors (Lipinski definition) is 0. The third-order valence-electron chi connectivity index (χ3n) is 2.21. The summed E-state index contributed by atoms with van der Waals surface area (Å²) in [5.74, 6) is 0. The summed E-state index contributed by atoms with van der Waals surface area (Å²) < 4.78 is 1.96. The zero-order valence-electron chi connectivity index (χ0n) is 8.29. The van der Waals surface area contributed by atoms with Crippen molar-refractivity contribution in [2.24, 2.45) is 0 Å². The van der Waals surface area contributed by atoms with Crippen LogP contribution in [0.25, 0.3) is 0 Å². The van der Waals surface area contributed by atoms with Crippen molar-refractivity contribution < 1.29 is 0 Å². The number of rotatable bonds is 3. The van der Waals surface area contributed by atoms with Gasteiger partial charge in [-0.1, -0.05) is 55.6 Å². The van der Waals surface area contributed by atoms with Crippen LogP contribution < -0.4 is 0 Å². The van der Waals surface area contributed by atoms with E-state index in [0.29, 0.717) is 4.83 Å². The summed E-state index contributed by atoms with van der Waals surface area (Å²) in [7, 11) is 0. The van der Waals surface area contributed by atoms with Crippen molar-refractivity contribution >= 4 is 54.8 Å². The summed E-state index contributed by atoms with van der Waals surface area (Å²) in [4.78, 5) is 1.60. The fourth-order valence-electron chi connectivity index (χ4n) is 1.47. The number of hydrogen-bond acceptors (Lipinski definition) is 1. The van der Waals surface area contributed by atoms with Gasteiger partial charge < -0.3 is 0 Å². The largest absolute Gasteiger partial charge is 0.127 e. The summed E-state index contributed by atoms with van der Waals surface area (Å²) >= 11 is 14.7. The number of halogens is 3. The smallest absolute Gasteiger partial charge is 0.0931 e. The van der Waals surface area contributed by atoms with Gasteiger partial charge in [0.2, 0.25) is 0 Å². The second-order valence-corrected chi connectivity index (χ2v) is 7.21. The third kappa shape index (κ3) is 3.33. The van der Waals surface area contributed by atoms with E-state index in [9.17, 15) is 0 Å². The van der Waals surface area contributed by atoms with Crippen molar-refractivity contribution in [3.05, 3.63) is 55.6 Å². The van der Waals surface area contributed by atoms with E-state index in [1.165, 1.54) is 10.4 Å². The van der Waals surface area contributed by atoms with Crippen LogP contribution in [0.3, 0.4) is 0 Å². The van der Waals surface area contributed by atoms with Crippen LogP contribution in [0, 0.1) is 0 Å². The molecule has 84 valence electrons. The van der Waals surface area contributed by atoms with Crippen LogP contribution in [-0.2, 0) is 6.42 Å². The van der Waals surface area contributed by atoms with Gasteiger partial charge in [-0.2, -0.15) is 0 Å². The van der Waals surface area contributed by atoms with Crippen LogP contribution in [-0.4, -0.2) is 0 Å². The fraction of sp³-hybridized carbons (Fsp3) is 0.167. The second kappa shape index (κ2) is 5.67. The van der Waals surface area contributed by atoms with Gasteiger partial charge in [0.1, 0.15) is 0 Å². The second-order valence-electron chi connectivity index (χ2n) is 3.44. The Bertz CT molecular complexity index is 481. The predicted octanol–water partition coefficient (Wildman–Crippen LogP) is 5.84. The molecular weight excluding hydrogens is 371 g/mol. The molecule has 0 aliphatic rings. The molecule has 0 spiro atoms. The monoisotopic (exact) mass is 378 g/mol. The predicted molar refractivity (Wildman–Crippen MR) is 78.8 cm³/mol.